The Kier molecular flexibility index (Phi) is 6.76. The predicted molar refractivity (Wildman–Crippen MR) is 72.9 cm³/mol. The first-order valence-electron chi connectivity index (χ1n) is 6.07. The van der Waals surface area contributed by atoms with Crippen molar-refractivity contribution < 1.29 is 22.6 Å². The summed E-state index contributed by atoms with van der Waals surface area (Å²) >= 11 is 0. The minimum absolute atomic E-state index is 0.299. The number of ether oxygens (including phenoxy) is 2. The molecule has 0 atom stereocenters. The molecule has 0 aliphatic carbocycles. The van der Waals surface area contributed by atoms with Crippen molar-refractivity contribution >= 4 is 11.6 Å². The molecule has 21 heavy (non-hydrogen) atoms. The van der Waals surface area contributed by atoms with Gasteiger partial charge < -0.3 is 14.8 Å². The van der Waals surface area contributed by atoms with Crippen LogP contribution in [0.15, 0.2) is 29.3 Å². The third kappa shape index (κ3) is 7.37. The molecule has 0 radical (unpaired) electrons. The average molecular weight is 306 g/mol. The molecule has 0 heterocycles. The van der Waals surface area contributed by atoms with Crippen LogP contribution < -0.4 is 21.3 Å². The van der Waals surface area contributed by atoms with E-state index in [-0.39, 0.29) is 5.75 Å². The van der Waals surface area contributed by atoms with Gasteiger partial charge in [-0.05, 0) is 30.7 Å². The molecular formula is C12H17F3N4O2. The van der Waals surface area contributed by atoms with Gasteiger partial charge in [0.05, 0.1) is 0 Å². The van der Waals surface area contributed by atoms with Crippen molar-refractivity contribution in [2.75, 3.05) is 25.6 Å². The van der Waals surface area contributed by atoms with Gasteiger partial charge in [0.2, 0.25) is 5.96 Å². The number of hydrogen-bond donors (Lipinski definition) is 3. The summed E-state index contributed by atoms with van der Waals surface area (Å²) in [7, 11) is 1.59. The Balaban J connectivity index is 2.56. The number of aliphatic imine (C=N–C) groups is 1. The predicted octanol–water partition coefficient (Wildman–Crippen LogP) is 1.85. The van der Waals surface area contributed by atoms with E-state index < -0.39 is 6.36 Å². The fraction of sp³-hybridized carbons (Fsp3) is 0.417. The summed E-state index contributed by atoms with van der Waals surface area (Å²) in [5.74, 6) is 5.30. The normalized spacial score (nSPS) is 12.1. The number of methoxy groups -OCH3 is 1. The lowest BCUT2D eigenvalue weighted by atomic mass is 10.3. The maximum atomic E-state index is 12.0. The molecule has 1 aromatic carbocycles. The zero-order valence-corrected chi connectivity index (χ0v) is 11.4. The Morgan fingerprint density at radius 1 is 1.29 bits per heavy atom. The smallest absolute Gasteiger partial charge is 0.406 e. The molecule has 1 rings (SSSR count). The van der Waals surface area contributed by atoms with Crippen LogP contribution in [0.4, 0.5) is 18.9 Å². The fourth-order valence-electron chi connectivity index (χ4n) is 1.40. The Bertz CT molecular complexity index is 449. The molecular weight excluding hydrogens is 289 g/mol. The van der Waals surface area contributed by atoms with E-state index in [0.29, 0.717) is 24.8 Å². The Hall–Kier alpha value is -2.00. The molecule has 0 unspecified atom stereocenters. The largest absolute Gasteiger partial charge is 0.573 e. The molecule has 0 amide bonds. The van der Waals surface area contributed by atoms with Crippen LogP contribution >= 0.6 is 0 Å². The van der Waals surface area contributed by atoms with Crippen molar-refractivity contribution in [2.24, 2.45) is 10.8 Å². The average Bonchev–Trinajstić information content (AvgIpc) is 2.42. The maximum absolute atomic E-state index is 12.0. The molecule has 6 nitrogen and oxygen atoms in total. The van der Waals surface area contributed by atoms with Crippen LogP contribution in [0.2, 0.25) is 0 Å². The Morgan fingerprint density at radius 3 is 2.48 bits per heavy atom. The van der Waals surface area contributed by atoms with Gasteiger partial charge in [-0.1, -0.05) is 0 Å². The molecule has 0 bridgehead atoms. The molecule has 118 valence electrons. The van der Waals surface area contributed by atoms with Gasteiger partial charge in [0.1, 0.15) is 5.75 Å². The van der Waals surface area contributed by atoms with Crippen molar-refractivity contribution in [3.05, 3.63) is 24.3 Å². The second-order valence-corrected chi connectivity index (χ2v) is 3.92. The summed E-state index contributed by atoms with van der Waals surface area (Å²) in [4.78, 5) is 4.14. The molecule has 1 aromatic rings. The summed E-state index contributed by atoms with van der Waals surface area (Å²) in [5.41, 5.74) is 2.89. The lowest BCUT2D eigenvalue weighted by Crippen LogP contribution is -2.36. The molecule has 0 saturated carbocycles. The SMILES string of the molecule is COCCCN=C(NN)Nc1ccc(OC(F)(F)F)cc1. The van der Waals surface area contributed by atoms with Gasteiger partial charge in [-0.25, -0.2) is 5.84 Å². The number of benzene rings is 1. The van der Waals surface area contributed by atoms with Crippen LogP contribution in [0.5, 0.6) is 5.75 Å². The highest BCUT2D eigenvalue weighted by molar-refractivity contribution is 5.93. The third-order valence-electron chi connectivity index (χ3n) is 2.26. The molecule has 0 aliphatic heterocycles. The fourth-order valence-corrected chi connectivity index (χ4v) is 1.40. The van der Waals surface area contributed by atoms with Crippen molar-refractivity contribution in [1.82, 2.24) is 5.43 Å². The van der Waals surface area contributed by atoms with Crippen LogP contribution in [0.1, 0.15) is 6.42 Å². The van der Waals surface area contributed by atoms with Crippen LogP contribution in [0, 0.1) is 0 Å². The summed E-state index contributed by atoms with van der Waals surface area (Å²) in [6, 6.07) is 5.22. The van der Waals surface area contributed by atoms with Gasteiger partial charge in [-0.15, -0.1) is 13.2 Å². The van der Waals surface area contributed by atoms with E-state index in [9.17, 15) is 13.2 Å². The molecule has 9 heteroatoms. The quantitative estimate of drug-likeness (QED) is 0.246. The van der Waals surface area contributed by atoms with E-state index in [1.165, 1.54) is 24.3 Å². The molecule has 0 spiro atoms. The second kappa shape index (κ2) is 8.32. The van der Waals surface area contributed by atoms with E-state index in [1.54, 1.807) is 7.11 Å². The standard InChI is InChI=1S/C12H17F3N4O2/c1-20-8-2-7-17-11(19-16)18-9-3-5-10(6-4-9)21-12(13,14)15/h3-6H,2,7-8,16H2,1H3,(H2,17,18,19). The monoisotopic (exact) mass is 306 g/mol. The van der Waals surface area contributed by atoms with Crippen LogP contribution in [-0.2, 0) is 4.74 Å². The number of hydrazine groups is 1. The van der Waals surface area contributed by atoms with Crippen LogP contribution in [0.25, 0.3) is 0 Å². The molecule has 4 N–H and O–H groups in total. The number of rotatable bonds is 6. The molecule has 0 saturated heterocycles. The van der Waals surface area contributed by atoms with Crippen molar-refractivity contribution in [3.8, 4) is 5.75 Å². The van der Waals surface area contributed by atoms with Gasteiger partial charge >= 0.3 is 6.36 Å². The lowest BCUT2D eigenvalue weighted by Gasteiger charge is -2.11. The first-order valence-corrected chi connectivity index (χ1v) is 6.07. The highest BCUT2D eigenvalue weighted by Gasteiger charge is 2.30. The van der Waals surface area contributed by atoms with Gasteiger partial charge in [-0.2, -0.15) is 0 Å². The van der Waals surface area contributed by atoms with E-state index in [0.717, 1.165) is 6.42 Å². The van der Waals surface area contributed by atoms with Gasteiger partial charge in [0, 0.05) is 25.9 Å². The first kappa shape index (κ1) is 17.1. The van der Waals surface area contributed by atoms with Crippen molar-refractivity contribution in [1.29, 1.82) is 0 Å². The summed E-state index contributed by atoms with van der Waals surface area (Å²) in [5, 5.41) is 2.83. The van der Waals surface area contributed by atoms with Gasteiger partial charge in [0.25, 0.3) is 0 Å². The molecule has 0 fully saturated rings. The number of nitrogens with one attached hydrogen (secondary N) is 2. The molecule has 0 aliphatic rings. The second-order valence-electron chi connectivity index (χ2n) is 3.92. The zero-order valence-electron chi connectivity index (χ0n) is 11.4. The maximum Gasteiger partial charge on any atom is 0.573 e. The van der Waals surface area contributed by atoms with E-state index >= 15 is 0 Å². The highest BCUT2D eigenvalue weighted by Crippen LogP contribution is 2.23. The lowest BCUT2D eigenvalue weighted by molar-refractivity contribution is -0.274. The highest BCUT2D eigenvalue weighted by atomic mass is 19.4. The summed E-state index contributed by atoms with van der Waals surface area (Å²) in [6.07, 6.45) is -3.98. The topological polar surface area (TPSA) is 80.9 Å². The number of alkyl halides is 3. The Morgan fingerprint density at radius 2 is 1.95 bits per heavy atom. The summed E-state index contributed by atoms with van der Waals surface area (Å²) < 4.78 is 44.7. The molecule has 0 aromatic heterocycles. The summed E-state index contributed by atoms with van der Waals surface area (Å²) in [6.45, 7) is 1.07. The minimum atomic E-state index is -4.71. The third-order valence-corrected chi connectivity index (χ3v) is 2.26. The number of nitrogens with two attached hydrogens (primary N) is 1. The van der Waals surface area contributed by atoms with E-state index in [4.69, 9.17) is 10.6 Å². The number of guanidine groups is 1. The van der Waals surface area contributed by atoms with Crippen molar-refractivity contribution in [2.45, 2.75) is 12.8 Å². The van der Waals surface area contributed by atoms with Crippen LogP contribution in [0.3, 0.4) is 0 Å². The number of nitrogens with zero attached hydrogens (tertiary/aromatic N) is 1. The van der Waals surface area contributed by atoms with Gasteiger partial charge in [-0.3, -0.25) is 10.4 Å². The van der Waals surface area contributed by atoms with Gasteiger partial charge in [0.15, 0.2) is 0 Å². The zero-order chi connectivity index (χ0) is 15.7. The first-order chi connectivity index (χ1) is 9.94. The number of hydrogen-bond acceptors (Lipinski definition) is 4. The van der Waals surface area contributed by atoms with E-state index in [2.05, 4.69) is 20.5 Å². The minimum Gasteiger partial charge on any atom is -0.406 e. The Labute approximate surface area is 120 Å². The van der Waals surface area contributed by atoms with Crippen LogP contribution in [-0.4, -0.2) is 32.6 Å². The van der Waals surface area contributed by atoms with E-state index in [1.807, 2.05) is 0 Å². The van der Waals surface area contributed by atoms with Crippen molar-refractivity contribution in [3.63, 3.8) is 0 Å². The number of halogens is 3. The number of anilines is 1.